The van der Waals surface area contributed by atoms with Crippen LogP contribution >= 0.6 is 0 Å². The highest BCUT2D eigenvalue weighted by atomic mass is 16.5. The number of ether oxygens (including phenoxy) is 1. The molecule has 1 amide bonds. The van der Waals surface area contributed by atoms with Crippen LogP contribution in [0.1, 0.15) is 36.1 Å². The normalized spacial score (nSPS) is 14.7. The van der Waals surface area contributed by atoms with Crippen LogP contribution in [0.15, 0.2) is 57.7 Å². The van der Waals surface area contributed by atoms with Gasteiger partial charge >= 0.3 is 11.6 Å². The third-order valence-electron chi connectivity index (χ3n) is 5.29. The van der Waals surface area contributed by atoms with Crippen LogP contribution in [0.4, 0.5) is 0 Å². The highest BCUT2D eigenvalue weighted by Gasteiger charge is 2.26. The average Bonchev–Trinajstić information content (AvgIpc) is 3.23. The first-order valence-electron chi connectivity index (χ1n) is 9.77. The average molecular weight is 407 g/mol. The first-order valence-corrected chi connectivity index (χ1v) is 9.77. The molecule has 1 unspecified atom stereocenters. The van der Waals surface area contributed by atoms with Gasteiger partial charge in [-0.15, -0.1) is 0 Å². The van der Waals surface area contributed by atoms with Crippen molar-refractivity contribution in [2.24, 2.45) is 0 Å². The number of nitrogens with one attached hydrogen (secondary N) is 1. The second-order valence-electron chi connectivity index (χ2n) is 7.31. The summed E-state index contributed by atoms with van der Waals surface area (Å²) < 4.78 is 11.1. The van der Waals surface area contributed by atoms with E-state index in [4.69, 9.17) is 9.15 Å². The van der Waals surface area contributed by atoms with Gasteiger partial charge in [0.15, 0.2) is 12.1 Å². The zero-order valence-electron chi connectivity index (χ0n) is 16.4. The minimum absolute atomic E-state index is 0.329. The van der Waals surface area contributed by atoms with Gasteiger partial charge in [-0.05, 0) is 49.4 Å². The summed E-state index contributed by atoms with van der Waals surface area (Å²) in [6, 6.07) is 12.4. The maximum absolute atomic E-state index is 12.5. The molecule has 1 aliphatic rings. The molecule has 0 saturated carbocycles. The van der Waals surface area contributed by atoms with E-state index in [2.05, 4.69) is 5.32 Å². The summed E-state index contributed by atoms with van der Waals surface area (Å²) in [6.07, 6.45) is 1.55. The van der Waals surface area contributed by atoms with Gasteiger partial charge in [-0.2, -0.15) is 0 Å². The van der Waals surface area contributed by atoms with Gasteiger partial charge in [0.2, 0.25) is 0 Å². The smallest absolute Gasteiger partial charge is 0.339 e. The van der Waals surface area contributed by atoms with Crippen molar-refractivity contribution in [3.63, 3.8) is 0 Å². The number of hydrogen-bond acceptors (Lipinski definition) is 5. The van der Waals surface area contributed by atoms with E-state index in [1.807, 2.05) is 6.07 Å². The lowest BCUT2D eigenvalue weighted by Gasteiger charge is -2.19. The third kappa shape index (κ3) is 3.78. The van der Waals surface area contributed by atoms with E-state index < -0.39 is 24.0 Å². The number of hydrogen-bond donors (Lipinski definition) is 2. The first-order chi connectivity index (χ1) is 14.4. The van der Waals surface area contributed by atoms with Crippen molar-refractivity contribution >= 4 is 22.8 Å². The fourth-order valence-electron chi connectivity index (χ4n) is 3.79. The molecular formula is C23H21NO6. The largest absolute Gasteiger partial charge is 0.481 e. The number of fused-ring (bicyclic) bond motifs is 3. The number of carboxylic acid groups (broad SMARTS) is 1. The van der Waals surface area contributed by atoms with Crippen LogP contribution in [0.3, 0.4) is 0 Å². The number of carbonyl (C=O) groups is 2. The molecule has 3 aromatic rings. The predicted octanol–water partition coefficient (Wildman–Crippen LogP) is 2.99. The molecule has 30 heavy (non-hydrogen) atoms. The SMILES string of the molecule is CC(Oc1ccc2c3c(c(=O)oc2c1)CCC3)C(=O)N[C@H](C(=O)O)c1ccccc1. The number of rotatable bonds is 6. The second kappa shape index (κ2) is 8.02. The Labute approximate surface area is 172 Å². The van der Waals surface area contributed by atoms with Crippen LogP contribution in [0.5, 0.6) is 5.75 Å². The molecule has 1 aromatic heterocycles. The fraction of sp³-hybridized carbons (Fsp3) is 0.261. The molecule has 0 fully saturated rings. The lowest BCUT2D eigenvalue weighted by Crippen LogP contribution is -2.41. The van der Waals surface area contributed by atoms with E-state index >= 15 is 0 Å². The zero-order valence-corrected chi connectivity index (χ0v) is 16.4. The molecular weight excluding hydrogens is 386 g/mol. The molecule has 7 heteroatoms. The maximum Gasteiger partial charge on any atom is 0.339 e. The summed E-state index contributed by atoms with van der Waals surface area (Å²) in [7, 11) is 0. The highest BCUT2D eigenvalue weighted by Crippen LogP contribution is 2.30. The van der Waals surface area contributed by atoms with E-state index in [-0.39, 0.29) is 5.63 Å². The number of aliphatic carboxylic acids is 1. The van der Waals surface area contributed by atoms with Gasteiger partial charge in [-0.3, -0.25) is 4.79 Å². The summed E-state index contributed by atoms with van der Waals surface area (Å²) in [5.74, 6) is -1.37. The quantitative estimate of drug-likeness (QED) is 0.609. The van der Waals surface area contributed by atoms with Crippen molar-refractivity contribution in [3.8, 4) is 5.75 Å². The van der Waals surface area contributed by atoms with Crippen molar-refractivity contribution in [3.05, 3.63) is 75.6 Å². The van der Waals surface area contributed by atoms with Gasteiger partial charge in [-0.1, -0.05) is 30.3 Å². The van der Waals surface area contributed by atoms with Crippen LogP contribution in [-0.2, 0) is 22.4 Å². The van der Waals surface area contributed by atoms with Crippen LogP contribution in [-0.4, -0.2) is 23.1 Å². The lowest BCUT2D eigenvalue weighted by molar-refractivity contribution is -0.143. The predicted molar refractivity (Wildman–Crippen MR) is 110 cm³/mol. The molecule has 2 N–H and O–H groups in total. The van der Waals surface area contributed by atoms with E-state index in [1.165, 1.54) is 6.92 Å². The highest BCUT2D eigenvalue weighted by molar-refractivity contribution is 5.87. The van der Waals surface area contributed by atoms with Crippen molar-refractivity contribution in [2.45, 2.75) is 38.3 Å². The minimum Gasteiger partial charge on any atom is -0.481 e. The number of benzene rings is 2. The van der Waals surface area contributed by atoms with E-state index in [9.17, 15) is 19.5 Å². The number of aryl methyl sites for hydroxylation is 1. The molecule has 0 saturated heterocycles. The summed E-state index contributed by atoms with van der Waals surface area (Å²) in [4.78, 5) is 36.3. The van der Waals surface area contributed by atoms with Gasteiger partial charge in [0.1, 0.15) is 11.3 Å². The zero-order chi connectivity index (χ0) is 21.3. The van der Waals surface area contributed by atoms with Crippen molar-refractivity contribution in [1.29, 1.82) is 0 Å². The van der Waals surface area contributed by atoms with Gasteiger partial charge in [0.25, 0.3) is 5.91 Å². The van der Waals surface area contributed by atoms with E-state index in [0.29, 0.717) is 16.9 Å². The van der Waals surface area contributed by atoms with E-state index in [0.717, 1.165) is 35.8 Å². The summed E-state index contributed by atoms with van der Waals surface area (Å²) in [5, 5.41) is 12.8. The van der Waals surface area contributed by atoms with E-state index in [1.54, 1.807) is 42.5 Å². The van der Waals surface area contributed by atoms with Crippen molar-refractivity contribution in [2.75, 3.05) is 0 Å². The standard InChI is InChI=1S/C23H21NO6/c1-13(21(25)24-20(22(26)27)14-6-3-2-4-7-14)29-15-10-11-17-16-8-5-9-18(16)23(28)30-19(17)12-15/h2-4,6-7,10-13,20H,5,8-9H2,1H3,(H,24,25)(H,26,27)/t13?,20-/m0/s1. The Hall–Kier alpha value is -3.61. The molecule has 0 radical (unpaired) electrons. The topological polar surface area (TPSA) is 106 Å². The molecule has 1 heterocycles. The molecule has 2 atom stereocenters. The van der Waals surface area contributed by atoms with Crippen LogP contribution in [0.2, 0.25) is 0 Å². The molecule has 0 spiro atoms. The minimum atomic E-state index is -1.18. The molecule has 1 aliphatic carbocycles. The van der Waals surface area contributed by atoms with Crippen LogP contribution in [0, 0.1) is 0 Å². The molecule has 0 aliphatic heterocycles. The Morgan fingerprint density at radius 2 is 1.83 bits per heavy atom. The van der Waals surface area contributed by atoms with Crippen LogP contribution < -0.4 is 15.7 Å². The Bertz CT molecular complexity index is 1170. The maximum atomic E-state index is 12.5. The first kappa shape index (κ1) is 19.7. The summed E-state index contributed by atoms with van der Waals surface area (Å²) >= 11 is 0. The Kier molecular flexibility index (Phi) is 5.27. The van der Waals surface area contributed by atoms with Crippen LogP contribution in [0.25, 0.3) is 11.0 Å². The van der Waals surface area contributed by atoms with Crippen molar-refractivity contribution < 1.29 is 23.8 Å². The van der Waals surface area contributed by atoms with Gasteiger partial charge in [0.05, 0.1) is 0 Å². The Morgan fingerprint density at radius 1 is 1.10 bits per heavy atom. The molecule has 7 nitrogen and oxygen atoms in total. The van der Waals surface area contributed by atoms with Gasteiger partial charge < -0.3 is 19.6 Å². The Balaban J connectivity index is 1.51. The monoisotopic (exact) mass is 407 g/mol. The molecule has 4 rings (SSSR count). The number of amides is 1. The number of carboxylic acids is 1. The second-order valence-corrected chi connectivity index (χ2v) is 7.31. The molecule has 0 bridgehead atoms. The fourth-order valence-corrected chi connectivity index (χ4v) is 3.79. The molecule has 2 aromatic carbocycles. The third-order valence-corrected chi connectivity index (χ3v) is 5.29. The Morgan fingerprint density at radius 3 is 2.57 bits per heavy atom. The van der Waals surface area contributed by atoms with Crippen molar-refractivity contribution in [1.82, 2.24) is 5.32 Å². The molecule has 154 valence electrons. The summed E-state index contributed by atoms with van der Waals surface area (Å²) in [6.45, 7) is 1.53. The lowest BCUT2D eigenvalue weighted by atomic mass is 10.1. The summed E-state index contributed by atoms with van der Waals surface area (Å²) in [5.41, 5.74) is 2.31. The van der Waals surface area contributed by atoms with Gasteiger partial charge in [-0.25, -0.2) is 9.59 Å². The van der Waals surface area contributed by atoms with Gasteiger partial charge in [0, 0.05) is 17.0 Å². The number of carbonyl (C=O) groups excluding carboxylic acids is 1.